The molecule has 10 aromatic rings. The minimum absolute atomic E-state index is 0.0255. The Labute approximate surface area is 690 Å². The van der Waals surface area contributed by atoms with Crippen LogP contribution < -0.4 is 0 Å². The number of carbonyl (C=O) groups is 6. The van der Waals surface area contributed by atoms with E-state index in [9.17, 15) is 49.0 Å². The van der Waals surface area contributed by atoms with Crippen LogP contribution >= 0.6 is 0 Å². The Morgan fingerprint density at radius 2 is 0.873 bits per heavy atom. The van der Waals surface area contributed by atoms with Crippen LogP contribution in [0.3, 0.4) is 0 Å². The molecule has 1 aliphatic rings. The van der Waals surface area contributed by atoms with Crippen LogP contribution in [0.2, 0.25) is 0 Å². The SMILES string of the molecule is CCCC1(CCC)c2cc(C(=O)c3ccccc3C)ccc2-c2ccc(/C(C)=N\OC(C)=O)cc21.CCCCC(CC)Cn1c2ccc(/C(CCCCCC/C(=N\OC(C)=O)c3ccc4c(c3)c3cc([N+](=O)[O-])ccc3n4CC(CC)CCCC)=N/OC(C)=O)cc2c2cc([N+](=O)[O-])ccc21.CCOC(=O)O/N=C(\C)C(=O)c1ccccc1. The number of ketones is 2. The number of aryl methyl sites for hydroxylation is 1. The first kappa shape index (κ1) is 89.8. The quantitative estimate of drug-likeness (QED) is 0.00665. The van der Waals surface area contributed by atoms with Gasteiger partial charge in [0.2, 0.25) is 5.78 Å². The van der Waals surface area contributed by atoms with E-state index in [0.717, 1.165) is 193 Å². The Morgan fingerprint density at radius 1 is 0.441 bits per heavy atom. The number of oxime groups is 4. The van der Waals surface area contributed by atoms with Gasteiger partial charge in [-0.05, 0) is 173 Å². The molecule has 0 N–H and O–H groups in total. The molecule has 23 heteroatoms. The van der Waals surface area contributed by atoms with Crippen LogP contribution in [0.5, 0.6) is 0 Å². The van der Waals surface area contributed by atoms with Crippen molar-refractivity contribution in [3.05, 3.63) is 234 Å². The number of rotatable bonds is 37. The zero-order chi connectivity index (χ0) is 85.2. The predicted octanol–water partition coefficient (Wildman–Crippen LogP) is 23.5. The molecule has 2 aromatic heterocycles. The summed E-state index contributed by atoms with van der Waals surface area (Å²) in [6.45, 7) is 26.0. The lowest BCUT2D eigenvalue weighted by Crippen LogP contribution is -2.25. The van der Waals surface area contributed by atoms with E-state index in [1.165, 1.54) is 49.9 Å². The highest BCUT2D eigenvalue weighted by Crippen LogP contribution is 2.54. The number of aromatic nitrogens is 2. The summed E-state index contributed by atoms with van der Waals surface area (Å²) in [4.78, 5) is 114. The van der Waals surface area contributed by atoms with Crippen LogP contribution in [-0.4, -0.2) is 84.1 Å². The average molecular weight is 1600 g/mol. The maximum Gasteiger partial charge on any atom is 0.535 e. The van der Waals surface area contributed by atoms with E-state index in [1.54, 1.807) is 61.5 Å². The largest absolute Gasteiger partial charge is 0.535 e. The van der Waals surface area contributed by atoms with Crippen molar-refractivity contribution in [3.8, 4) is 11.1 Å². The summed E-state index contributed by atoms with van der Waals surface area (Å²) in [5.74, 6) is -0.804. The molecule has 2 atom stereocenters. The Balaban J connectivity index is 0.000000251. The van der Waals surface area contributed by atoms with Gasteiger partial charge in [-0.15, -0.1) is 0 Å². The van der Waals surface area contributed by atoms with Crippen molar-refractivity contribution in [2.75, 3.05) is 6.61 Å². The molecule has 1 aliphatic carbocycles. The molecular formula is C95H110N8O15. The fraction of sp³-hybridized carbons (Fsp3) is 0.389. The number of non-ortho nitro benzene ring substituents is 2. The number of carbonyl (C=O) groups excluding carboxylic acids is 6. The van der Waals surface area contributed by atoms with Gasteiger partial charge in [0.25, 0.3) is 11.4 Å². The fourth-order valence-electron chi connectivity index (χ4n) is 15.8. The summed E-state index contributed by atoms with van der Waals surface area (Å²) >= 11 is 0. The highest BCUT2D eigenvalue weighted by Gasteiger charge is 2.43. The van der Waals surface area contributed by atoms with Gasteiger partial charge in [-0.1, -0.05) is 217 Å². The van der Waals surface area contributed by atoms with Gasteiger partial charge >= 0.3 is 24.1 Å². The monoisotopic (exact) mass is 1600 g/mol. The first-order valence-corrected chi connectivity index (χ1v) is 41.3. The van der Waals surface area contributed by atoms with Gasteiger partial charge < -0.3 is 28.4 Å². The van der Waals surface area contributed by atoms with Crippen LogP contribution in [-0.2, 0) is 57.0 Å². The number of nitro benzene ring substituents is 2. The standard InChI is InChI=1S/C52H64N6O8.C31H33NO3.C12H13NO4/c1-7-11-17-37(9-3)33-55-49-25-21-39(29-43(49)45-31-41(57(61)62)23-27-51(45)55)47(53-65-35(5)59)19-15-13-14-16-20-48(54-66-36(6)60)40-22-26-50-44(30-40)46-32-42(58(63)64)24-28-52(46)56(50)34-38(10-4)18-12-8-2;1-6-16-31(17-7-2)28-18-23(21(4)32-35-22(5)33)12-14-26(28)27-15-13-24(19-29(27)31)30(34)25-11-9-8-10-20(25)3;1-3-16-12(15)17-13-9(2)11(14)10-7-5-4-6-8-10/h21-32,37-38H,7-20,33-34H2,1-6H3;8-15,18-19H,6-7,16-17H2,1-5H3;4-8H,3H2,1-2H3/b53-47+,54-48+;32-21-;13-9+. The summed E-state index contributed by atoms with van der Waals surface area (Å²) in [5, 5.41) is 43.1. The molecule has 0 bridgehead atoms. The molecule has 2 unspecified atom stereocenters. The second-order valence-electron chi connectivity index (χ2n) is 30.2. The van der Waals surface area contributed by atoms with E-state index < -0.39 is 24.1 Å². The van der Waals surface area contributed by atoms with Crippen LogP contribution in [0.1, 0.15) is 258 Å². The maximum absolute atomic E-state index is 13.5. The van der Waals surface area contributed by atoms with E-state index in [-0.39, 0.29) is 50.5 Å². The average Bonchev–Trinajstić information content (AvgIpc) is 1.56. The van der Waals surface area contributed by atoms with Crippen LogP contribution in [0.15, 0.2) is 184 Å². The van der Waals surface area contributed by atoms with Crippen LogP contribution in [0, 0.1) is 39.0 Å². The highest BCUT2D eigenvalue weighted by atomic mass is 16.8. The van der Waals surface area contributed by atoms with Gasteiger partial charge in [0.05, 0.1) is 33.6 Å². The number of unbranched alkanes of at least 4 members (excludes halogenated alkanes) is 5. The summed E-state index contributed by atoms with van der Waals surface area (Å²) < 4.78 is 9.06. The van der Waals surface area contributed by atoms with E-state index in [4.69, 9.17) is 14.5 Å². The van der Waals surface area contributed by atoms with Crippen LogP contribution in [0.4, 0.5) is 16.2 Å². The van der Waals surface area contributed by atoms with Crippen molar-refractivity contribution in [1.82, 2.24) is 9.13 Å². The third kappa shape index (κ3) is 22.5. The lowest BCUT2D eigenvalue weighted by molar-refractivity contribution is -0.384. The summed E-state index contributed by atoms with van der Waals surface area (Å²) in [6.07, 6.45) is 16.0. The van der Waals surface area contributed by atoms with E-state index in [2.05, 4.69) is 105 Å². The molecule has 0 saturated heterocycles. The number of hydrogen-bond donors (Lipinski definition) is 0. The zero-order valence-electron chi connectivity index (χ0n) is 70.3. The Kier molecular flexibility index (Phi) is 32.9. The maximum atomic E-state index is 13.5. The molecule has 620 valence electrons. The van der Waals surface area contributed by atoms with Crippen molar-refractivity contribution < 1.29 is 62.7 Å². The highest BCUT2D eigenvalue weighted by molar-refractivity contribution is 6.45. The number of fused-ring (bicyclic) bond motifs is 9. The number of Topliss-reactive ketones (excluding diaryl/α,β-unsaturated/α-hetero) is 1. The molecule has 0 amide bonds. The minimum Gasteiger partial charge on any atom is -0.433 e. The summed E-state index contributed by atoms with van der Waals surface area (Å²) in [5.41, 5.74) is 16.1. The number of ether oxygens (including phenoxy) is 1. The minimum atomic E-state index is -0.923. The Hall–Kier alpha value is -12.1. The molecule has 2 heterocycles. The van der Waals surface area contributed by atoms with Gasteiger partial charge in [-0.2, -0.15) is 0 Å². The molecule has 0 fully saturated rings. The van der Waals surface area contributed by atoms with Gasteiger partial charge in [-0.3, -0.25) is 34.7 Å². The van der Waals surface area contributed by atoms with Crippen molar-refractivity contribution in [2.45, 2.75) is 224 Å². The lowest BCUT2D eigenvalue weighted by atomic mass is 9.71. The topological polar surface area (TPSA) is 294 Å². The Morgan fingerprint density at radius 3 is 1.31 bits per heavy atom. The molecule has 0 radical (unpaired) electrons. The normalized spacial score (nSPS) is 13.0. The molecular weight excluding hydrogens is 1490 g/mol. The first-order valence-electron chi connectivity index (χ1n) is 41.3. The predicted molar refractivity (Wildman–Crippen MR) is 466 cm³/mol. The number of hydrogen-bond acceptors (Lipinski definition) is 19. The molecule has 0 aliphatic heterocycles. The first-order chi connectivity index (χ1) is 56.8. The number of nitrogens with zero attached hydrogens (tertiary/aromatic N) is 8. The van der Waals surface area contributed by atoms with Gasteiger partial charge in [0, 0.05) is 135 Å². The number of nitro groups is 2. The fourth-order valence-corrected chi connectivity index (χ4v) is 15.8. The molecule has 118 heavy (non-hydrogen) atoms. The van der Waals surface area contributed by atoms with Gasteiger partial charge in [0.1, 0.15) is 5.71 Å². The van der Waals surface area contributed by atoms with E-state index >= 15 is 0 Å². The van der Waals surface area contributed by atoms with Gasteiger partial charge in [0.15, 0.2) is 5.78 Å². The third-order valence-corrected chi connectivity index (χ3v) is 21.9. The summed E-state index contributed by atoms with van der Waals surface area (Å²) in [6, 6.07) is 51.2. The molecule has 0 saturated carbocycles. The number of benzene rings is 8. The molecule has 23 nitrogen and oxygen atoms in total. The lowest BCUT2D eigenvalue weighted by Gasteiger charge is -2.32. The van der Waals surface area contributed by atoms with Gasteiger partial charge in [-0.25, -0.2) is 19.2 Å². The molecule has 8 aromatic carbocycles. The second-order valence-corrected chi connectivity index (χ2v) is 30.2. The second kappa shape index (κ2) is 43.2. The van der Waals surface area contributed by atoms with Crippen molar-refractivity contribution in [2.24, 2.45) is 32.5 Å². The summed E-state index contributed by atoms with van der Waals surface area (Å²) in [7, 11) is 0. The Bertz CT molecular complexity index is 5220. The van der Waals surface area contributed by atoms with E-state index in [0.29, 0.717) is 47.4 Å². The van der Waals surface area contributed by atoms with Crippen molar-refractivity contribution in [3.63, 3.8) is 0 Å². The van der Waals surface area contributed by atoms with Crippen molar-refractivity contribution in [1.29, 1.82) is 0 Å². The van der Waals surface area contributed by atoms with Crippen LogP contribution in [0.25, 0.3) is 54.7 Å². The zero-order valence-corrected chi connectivity index (χ0v) is 70.3. The smallest absolute Gasteiger partial charge is 0.433 e. The van der Waals surface area contributed by atoms with E-state index in [1.807, 2.05) is 98.8 Å². The van der Waals surface area contributed by atoms with Crippen molar-refractivity contribution >= 4 is 113 Å². The molecule has 11 rings (SSSR count). The molecule has 0 spiro atoms. The third-order valence-electron chi connectivity index (χ3n) is 21.9.